The molecule has 3 rings (SSSR count). The lowest BCUT2D eigenvalue weighted by molar-refractivity contribution is -0.119. The molecular formula is C43H80N2O2. The summed E-state index contributed by atoms with van der Waals surface area (Å²) in [6, 6.07) is 6.40. The molecule has 274 valence electrons. The van der Waals surface area contributed by atoms with Crippen LogP contribution in [-0.4, -0.2) is 46.7 Å². The Bertz CT molecular complexity index is 1070. The zero-order chi connectivity index (χ0) is 37.0. The minimum atomic E-state index is 0.0655. The number of piperidine rings is 1. The van der Waals surface area contributed by atoms with E-state index in [9.17, 15) is 9.59 Å². The van der Waals surface area contributed by atoms with Gasteiger partial charge in [-0.2, -0.15) is 0 Å². The van der Waals surface area contributed by atoms with Crippen LogP contribution in [0.2, 0.25) is 0 Å². The van der Waals surface area contributed by atoms with Crippen molar-refractivity contribution in [3.63, 3.8) is 0 Å². The molecule has 0 spiro atoms. The third-order valence-corrected chi connectivity index (χ3v) is 10.6. The Morgan fingerprint density at radius 3 is 1.72 bits per heavy atom. The quantitative estimate of drug-likeness (QED) is 0.297. The van der Waals surface area contributed by atoms with Crippen molar-refractivity contribution in [3.05, 3.63) is 34.9 Å². The van der Waals surface area contributed by atoms with E-state index >= 15 is 0 Å². The molecule has 2 fully saturated rings. The van der Waals surface area contributed by atoms with Gasteiger partial charge in [-0.25, -0.2) is 0 Å². The van der Waals surface area contributed by atoms with Crippen LogP contribution < -0.4 is 5.32 Å². The number of unbranched alkanes of at least 4 members (excludes halogenated alkanes) is 1. The van der Waals surface area contributed by atoms with E-state index in [4.69, 9.17) is 0 Å². The van der Waals surface area contributed by atoms with E-state index in [-0.39, 0.29) is 27.4 Å². The highest BCUT2D eigenvalue weighted by Crippen LogP contribution is 2.41. The summed E-state index contributed by atoms with van der Waals surface area (Å²) < 4.78 is 0. The number of nitrogens with zero attached hydrogens (tertiary/aromatic N) is 1. The molecule has 2 saturated heterocycles. The zero-order valence-corrected chi connectivity index (χ0v) is 34.7. The van der Waals surface area contributed by atoms with Gasteiger partial charge in [0.15, 0.2) is 5.78 Å². The van der Waals surface area contributed by atoms with Gasteiger partial charge in [-0.3, -0.25) is 9.69 Å². The van der Waals surface area contributed by atoms with E-state index in [1.54, 1.807) is 6.92 Å². The van der Waals surface area contributed by atoms with Gasteiger partial charge in [0.05, 0.1) is 0 Å². The van der Waals surface area contributed by atoms with Crippen LogP contribution in [0.5, 0.6) is 0 Å². The van der Waals surface area contributed by atoms with E-state index in [0.717, 1.165) is 50.6 Å². The van der Waals surface area contributed by atoms with Gasteiger partial charge in [0.1, 0.15) is 5.78 Å². The predicted octanol–water partition coefficient (Wildman–Crippen LogP) is 11.8. The lowest BCUT2D eigenvalue weighted by Gasteiger charge is -2.53. The minimum absolute atomic E-state index is 0.0655. The molecule has 1 aromatic rings. The smallest absolute Gasteiger partial charge is 0.163 e. The maximum atomic E-state index is 13.1. The van der Waals surface area contributed by atoms with Gasteiger partial charge >= 0.3 is 0 Å². The Morgan fingerprint density at radius 2 is 1.30 bits per heavy atom. The molecule has 2 atom stereocenters. The van der Waals surface area contributed by atoms with E-state index in [0.29, 0.717) is 29.8 Å². The number of Topliss-reactive ketones (excluding diaryl/α,β-unsaturated/α-hetero) is 2. The fourth-order valence-corrected chi connectivity index (χ4v) is 7.39. The standard InChI is InChI=1S/C24H39NO.C13H25NO.C4H10.C2H6/c1-9-24(8)15-18(14-23(6,7)16-25-24)12-21(26)19-10-17(2)11-20(13-19)22(3,4)5;1-10(15)7-11-8-12(2,3)14(6)13(4,5)9-11;1-3-4-2;1-2/h10-11,13,18,25H,9,12,14-16H2,1-8H3;11H,7-9H2,1-6H3;3-4H2,1-2H3;1-2H3. The summed E-state index contributed by atoms with van der Waals surface area (Å²) in [7, 11) is 2.20. The maximum absolute atomic E-state index is 13.1. The van der Waals surface area contributed by atoms with Gasteiger partial charge in [0.25, 0.3) is 0 Å². The summed E-state index contributed by atoms with van der Waals surface area (Å²) in [4.78, 5) is 26.8. The number of carbonyl (C=O) groups excluding carboxylic acids is 2. The molecule has 1 aromatic carbocycles. The molecule has 0 saturated carbocycles. The molecule has 2 unspecified atom stereocenters. The second kappa shape index (κ2) is 19.0. The van der Waals surface area contributed by atoms with Gasteiger partial charge in [-0.1, -0.05) is 93.7 Å². The molecule has 4 heteroatoms. The number of benzene rings is 1. The monoisotopic (exact) mass is 657 g/mol. The first-order valence-corrected chi connectivity index (χ1v) is 19.0. The lowest BCUT2D eigenvalue weighted by Crippen LogP contribution is -2.58. The average Bonchev–Trinajstić information content (AvgIpc) is 3.06. The molecule has 0 amide bonds. The lowest BCUT2D eigenvalue weighted by atomic mass is 9.72. The van der Waals surface area contributed by atoms with Crippen LogP contribution in [0.4, 0.5) is 0 Å². The Morgan fingerprint density at radius 1 is 0.809 bits per heavy atom. The Labute approximate surface area is 294 Å². The van der Waals surface area contributed by atoms with Crippen LogP contribution in [0.3, 0.4) is 0 Å². The van der Waals surface area contributed by atoms with Gasteiger partial charge in [0.2, 0.25) is 0 Å². The molecular weight excluding hydrogens is 576 g/mol. The van der Waals surface area contributed by atoms with E-state index in [1.807, 2.05) is 13.8 Å². The second-order valence-corrected chi connectivity index (χ2v) is 18.0. The van der Waals surface area contributed by atoms with Gasteiger partial charge in [-0.15, -0.1) is 0 Å². The summed E-state index contributed by atoms with van der Waals surface area (Å²) in [5.74, 6) is 1.64. The summed E-state index contributed by atoms with van der Waals surface area (Å²) in [6.07, 6.45) is 9.61. The van der Waals surface area contributed by atoms with Gasteiger partial charge in [0, 0.05) is 41.6 Å². The molecule has 0 radical (unpaired) electrons. The van der Waals surface area contributed by atoms with Crippen LogP contribution in [0.1, 0.15) is 190 Å². The molecule has 0 bridgehead atoms. The highest BCUT2D eigenvalue weighted by atomic mass is 16.1. The Hall–Kier alpha value is -1.52. The first kappa shape index (κ1) is 45.5. The molecule has 2 aliphatic heterocycles. The first-order valence-electron chi connectivity index (χ1n) is 19.0. The van der Waals surface area contributed by atoms with Gasteiger partial charge < -0.3 is 10.1 Å². The number of nitrogens with one attached hydrogen (secondary N) is 1. The topological polar surface area (TPSA) is 49.4 Å². The number of ketones is 2. The normalized spacial score (nSPS) is 23.8. The highest BCUT2D eigenvalue weighted by molar-refractivity contribution is 5.96. The van der Waals surface area contributed by atoms with E-state index in [2.05, 4.69) is 132 Å². The number of likely N-dealkylation sites (tertiary alicyclic amines) is 1. The van der Waals surface area contributed by atoms with Crippen molar-refractivity contribution >= 4 is 11.6 Å². The number of carbonyl (C=O) groups is 2. The summed E-state index contributed by atoms with van der Waals surface area (Å²) >= 11 is 0. The van der Waals surface area contributed by atoms with Crippen LogP contribution >= 0.6 is 0 Å². The number of hydrogen-bond acceptors (Lipinski definition) is 4. The third-order valence-electron chi connectivity index (χ3n) is 10.6. The van der Waals surface area contributed by atoms with E-state index in [1.165, 1.54) is 24.0 Å². The van der Waals surface area contributed by atoms with Crippen molar-refractivity contribution in [2.24, 2.45) is 17.3 Å². The minimum Gasteiger partial charge on any atom is -0.311 e. The van der Waals surface area contributed by atoms with Crippen molar-refractivity contribution in [1.82, 2.24) is 10.2 Å². The van der Waals surface area contributed by atoms with Crippen molar-refractivity contribution in [2.45, 2.75) is 198 Å². The first-order chi connectivity index (χ1) is 21.4. The fourth-order valence-electron chi connectivity index (χ4n) is 7.39. The molecule has 4 nitrogen and oxygen atoms in total. The predicted molar refractivity (Wildman–Crippen MR) is 208 cm³/mol. The molecule has 2 aliphatic rings. The van der Waals surface area contributed by atoms with E-state index < -0.39 is 0 Å². The molecule has 0 aliphatic carbocycles. The molecule has 2 heterocycles. The molecule has 0 aromatic heterocycles. The largest absolute Gasteiger partial charge is 0.311 e. The third kappa shape index (κ3) is 15.7. The molecule has 1 N–H and O–H groups in total. The Kier molecular flexibility index (Phi) is 18.4. The van der Waals surface area contributed by atoms with Crippen LogP contribution in [0.25, 0.3) is 0 Å². The van der Waals surface area contributed by atoms with Crippen LogP contribution in [-0.2, 0) is 10.2 Å². The van der Waals surface area contributed by atoms with Gasteiger partial charge in [-0.05, 0) is 128 Å². The number of rotatable bonds is 7. The average molecular weight is 657 g/mol. The highest BCUT2D eigenvalue weighted by Gasteiger charge is 2.43. The van der Waals surface area contributed by atoms with Crippen LogP contribution in [0, 0.1) is 24.2 Å². The van der Waals surface area contributed by atoms with Crippen molar-refractivity contribution in [2.75, 3.05) is 13.6 Å². The number of hydrogen-bond donors (Lipinski definition) is 1. The number of aryl methyl sites for hydroxylation is 1. The fraction of sp³-hybridized carbons (Fsp3) is 0.814. The van der Waals surface area contributed by atoms with Crippen molar-refractivity contribution in [1.29, 1.82) is 0 Å². The maximum Gasteiger partial charge on any atom is 0.163 e. The summed E-state index contributed by atoms with van der Waals surface area (Å²) in [5.41, 5.74) is 4.19. The van der Waals surface area contributed by atoms with Crippen LogP contribution in [0.15, 0.2) is 18.2 Å². The SMILES string of the molecule is CC.CC(=O)CC1CC(C)(C)N(C)C(C)(C)C1.CCC1(C)CC(CC(=O)c2cc(C)cc(C(C)(C)C)c2)CC(C)(C)CN1.CCCC. The summed E-state index contributed by atoms with van der Waals surface area (Å²) in [5, 5.41) is 3.77. The summed E-state index contributed by atoms with van der Waals surface area (Å²) in [6.45, 7) is 38.2. The van der Waals surface area contributed by atoms with Crippen molar-refractivity contribution < 1.29 is 9.59 Å². The zero-order valence-electron chi connectivity index (χ0n) is 34.7. The molecule has 47 heavy (non-hydrogen) atoms. The van der Waals surface area contributed by atoms with Crippen molar-refractivity contribution in [3.8, 4) is 0 Å². The second-order valence-electron chi connectivity index (χ2n) is 18.0. The Balaban J connectivity index is 0.000000849.